The molecule has 0 aliphatic carbocycles. The third-order valence-electron chi connectivity index (χ3n) is 3.24. The first-order valence-corrected chi connectivity index (χ1v) is 8.47. The van der Waals surface area contributed by atoms with E-state index in [0.29, 0.717) is 33.7 Å². The molecule has 7 heteroatoms. The summed E-state index contributed by atoms with van der Waals surface area (Å²) in [5, 5.41) is 13.7. The quantitative estimate of drug-likeness (QED) is 0.542. The zero-order valence-corrected chi connectivity index (χ0v) is 15.5. The highest BCUT2D eigenvalue weighted by Crippen LogP contribution is 2.34. The number of aromatic hydroxyl groups is 1. The van der Waals surface area contributed by atoms with Crippen LogP contribution in [0, 0.1) is 0 Å². The molecule has 2 N–H and O–H groups in total. The molecule has 6 nitrogen and oxygen atoms in total. The van der Waals surface area contributed by atoms with Gasteiger partial charge >= 0.3 is 0 Å². The van der Waals surface area contributed by atoms with Crippen molar-refractivity contribution in [3.8, 4) is 17.2 Å². The molecule has 0 saturated carbocycles. The van der Waals surface area contributed by atoms with E-state index in [4.69, 9.17) is 9.47 Å². The average Bonchev–Trinajstić information content (AvgIpc) is 2.62. The van der Waals surface area contributed by atoms with Crippen LogP contribution in [0.25, 0.3) is 0 Å². The van der Waals surface area contributed by atoms with E-state index in [0.717, 1.165) is 6.42 Å². The van der Waals surface area contributed by atoms with Crippen molar-refractivity contribution in [1.82, 2.24) is 5.43 Å². The molecule has 0 fully saturated rings. The van der Waals surface area contributed by atoms with E-state index in [1.807, 2.05) is 13.0 Å². The van der Waals surface area contributed by atoms with Crippen LogP contribution < -0.4 is 14.9 Å². The predicted octanol–water partition coefficient (Wildman–Crippen LogP) is 3.72. The molecule has 2 aromatic rings. The zero-order chi connectivity index (χ0) is 18.2. The standard InChI is InChI=1S/C18H19BrN2O4/c1-3-8-25-15-7-5-4-6-13(15)18(23)21-20-11-12-9-14(19)17(22)16(10-12)24-2/h4-7,9-11,22H,3,8H2,1-2H3,(H,21,23)/b20-11+. The Labute approximate surface area is 154 Å². The molecule has 2 rings (SSSR count). The van der Waals surface area contributed by atoms with E-state index >= 15 is 0 Å². The summed E-state index contributed by atoms with van der Waals surface area (Å²) in [6.45, 7) is 2.53. The van der Waals surface area contributed by atoms with E-state index in [9.17, 15) is 9.90 Å². The zero-order valence-electron chi connectivity index (χ0n) is 14.0. The lowest BCUT2D eigenvalue weighted by molar-refractivity contribution is 0.0951. The lowest BCUT2D eigenvalue weighted by Gasteiger charge is -2.09. The Balaban J connectivity index is 2.10. The molecule has 0 aromatic heterocycles. The summed E-state index contributed by atoms with van der Waals surface area (Å²) in [7, 11) is 1.46. The molecule has 0 unspecified atom stereocenters. The molecule has 0 heterocycles. The lowest BCUT2D eigenvalue weighted by Crippen LogP contribution is -2.18. The summed E-state index contributed by atoms with van der Waals surface area (Å²) < 4.78 is 11.1. The summed E-state index contributed by atoms with van der Waals surface area (Å²) in [6.07, 6.45) is 2.31. The third kappa shape index (κ3) is 4.96. The highest BCUT2D eigenvalue weighted by atomic mass is 79.9. The Morgan fingerprint density at radius 2 is 2.08 bits per heavy atom. The van der Waals surface area contributed by atoms with Crippen molar-refractivity contribution in [2.75, 3.05) is 13.7 Å². The monoisotopic (exact) mass is 406 g/mol. The summed E-state index contributed by atoms with van der Waals surface area (Å²) >= 11 is 3.23. The number of benzene rings is 2. The van der Waals surface area contributed by atoms with E-state index < -0.39 is 0 Å². The fourth-order valence-electron chi connectivity index (χ4n) is 2.04. The summed E-state index contributed by atoms with van der Waals surface area (Å²) in [4.78, 5) is 12.3. The average molecular weight is 407 g/mol. The van der Waals surface area contributed by atoms with Crippen molar-refractivity contribution in [2.45, 2.75) is 13.3 Å². The minimum atomic E-state index is -0.368. The Kier molecular flexibility index (Phi) is 6.82. The first kappa shape index (κ1) is 18.8. The van der Waals surface area contributed by atoms with Crippen molar-refractivity contribution in [3.63, 3.8) is 0 Å². The largest absolute Gasteiger partial charge is 0.503 e. The Hall–Kier alpha value is -2.54. The number of rotatable bonds is 7. The number of phenolic OH excluding ortho intramolecular Hbond substituents is 1. The van der Waals surface area contributed by atoms with Crippen LogP contribution in [-0.4, -0.2) is 30.9 Å². The number of hydrogen-bond donors (Lipinski definition) is 2. The maximum Gasteiger partial charge on any atom is 0.275 e. The number of hydrogen-bond acceptors (Lipinski definition) is 5. The van der Waals surface area contributed by atoms with Gasteiger partial charge in [0.1, 0.15) is 5.75 Å². The molecule has 132 valence electrons. The van der Waals surface area contributed by atoms with E-state index in [1.165, 1.54) is 13.3 Å². The number of amides is 1. The molecular formula is C18H19BrN2O4. The molecule has 1 amide bonds. The van der Waals surface area contributed by atoms with E-state index in [-0.39, 0.29) is 11.7 Å². The number of halogens is 1. The predicted molar refractivity (Wildman–Crippen MR) is 99.6 cm³/mol. The second-order valence-corrected chi connectivity index (χ2v) is 5.95. The fraction of sp³-hybridized carbons (Fsp3) is 0.222. The number of hydrazone groups is 1. The van der Waals surface area contributed by atoms with Crippen LogP contribution in [0.3, 0.4) is 0 Å². The molecule has 0 radical (unpaired) electrons. The molecule has 0 spiro atoms. The van der Waals surface area contributed by atoms with E-state index in [2.05, 4.69) is 26.5 Å². The molecule has 0 saturated heterocycles. The first-order valence-electron chi connectivity index (χ1n) is 7.68. The van der Waals surface area contributed by atoms with Crippen LogP contribution in [0.15, 0.2) is 46.0 Å². The van der Waals surface area contributed by atoms with Gasteiger partial charge in [-0.05, 0) is 52.2 Å². The van der Waals surface area contributed by atoms with E-state index in [1.54, 1.807) is 30.3 Å². The van der Waals surface area contributed by atoms with Crippen molar-refractivity contribution < 1.29 is 19.4 Å². The van der Waals surface area contributed by atoms with Crippen molar-refractivity contribution in [3.05, 3.63) is 52.0 Å². The van der Waals surface area contributed by atoms with Gasteiger partial charge in [-0.25, -0.2) is 5.43 Å². The number of carbonyl (C=O) groups is 1. The number of methoxy groups -OCH3 is 1. The molecule has 0 aliphatic heterocycles. The van der Waals surface area contributed by atoms with Gasteiger partial charge in [0.15, 0.2) is 11.5 Å². The molecule has 0 aliphatic rings. The Morgan fingerprint density at radius 1 is 1.32 bits per heavy atom. The number of phenols is 1. The molecule has 0 bridgehead atoms. The van der Waals surface area contributed by atoms with Crippen molar-refractivity contribution in [1.29, 1.82) is 0 Å². The van der Waals surface area contributed by atoms with Gasteiger partial charge in [-0.3, -0.25) is 4.79 Å². The Morgan fingerprint density at radius 3 is 2.80 bits per heavy atom. The second kappa shape index (κ2) is 9.08. The topological polar surface area (TPSA) is 80.2 Å². The number of nitrogens with zero attached hydrogens (tertiary/aromatic N) is 1. The minimum absolute atomic E-state index is 0.00526. The van der Waals surface area contributed by atoms with Gasteiger partial charge < -0.3 is 14.6 Å². The van der Waals surface area contributed by atoms with Crippen LogP contribution in [0.2, 0.25) is 0 Å². The van der Waals surface area contributed by atoms with Gasteiger partial charge in [0, 0.05) is 0 Å². The maximum atomic E-state index is 12.3. The van der Waals surface area contributed by atoms with Crippen LogP contribution in [0.5, 0.6) is 17.2 Å². The number of para-hydroxylation sites is 1. The highest BCUT2D eigenvalue weighted by Gasteiger charge is 2.11. The molecule has 25 heavy (non-hydrogen) atoms. The van der Waals surface area contributed by atoms with Gasteiger partial charge in [0.2, 0.25) is 0 Å². The number of ether oxygens (including phenoxy) is 2. The normalized spacial score (nSPS) is 10.7. The van der Waals surface area contributed by atoms with Crippen LogP contribution in [-0.2, 0) is 0 Å². The maximum absolute atomic E-state index is 12.3. The smallest absolute Gasteiger partial charge is 0.275 e. The van der Waals surface area contributed by atoms with Gasteiger partial charge in [-0.2, -0.15) is 5.10 Å². The molecule has 2 aromatic carbocycles. The fourth-order valence-corrected chi connectivity index (χ4v) is 2.50. The van der Waals surface area contributed by atoms with Gasteiger partial charge in [0.25, 0.3) is 5.91 Å². The lowest BCUT2D eigenvalue weighted by atomic mass is 10.2. The van der Waals surface area contributed by atoms with Gasteiger partial charge in [-0.1, -0.05) is 19.1 Å². The SMILES string of the molecule is CCCOc1ccccc1C(=O)N/N=C/c1cc(Br)c(O)c(OC)c1. The Bertz CT molecular complexity index is 778. The minimum Gasteiger partial charge on any atom is -0.503 e. The summed E-state index contributed by atoms with van der Waals surface area (Å²) in [6, 6.07) is 10.3. The summed E-state index contributed by atoms with van der Waals surface area (Å²) in [5.41, 5.74) is 3.53. The van der Waals surface area contributed by atoms with Crippen LogP contribution >= 0.6 is 15.9 Å². The van der Waals surface area contributed by atoms with Gasteiger partial charge in [0.05, 0.1) is 30.0 Å². The third-order valence-corrected chi connectivity index (χ3v) is 3.85. The molecular weight excluding hydrogens is 388 g/mol. The van der Waals surface area contributed by atoms with Crippen molar-refractivity contribution >= 4 is 28.1 Å². The number of nitrogens with one attached hydrogen (secondary N) is 1. The highest BCUT2D eigenvalue weighted by molar-refractivity contribution is 9.10. The first-order chi connectivity index (χ1) is 12.1. The molecule has 0 atom stereocenters. The number of carbonyl (C=O) groups excluding carboxylic acids is 1. The van der Waals surface area contributed by atoms with Crippen LogP contribution in [0.1, 0.15) is 29.3 Å². The summed E-state index contributed by atoms with van der Waals surface area (Å²) in [5.74, 6) is 0.463. The second-order valence-electron chi connectivity index (χ2n) is 5.10. The van der Waals surface area contributed by atoms with Crippen LogP contribution in [0.4, 0.5) is 0 Å². The van der Waals surface area contributed by atoms with Gasteiger partial charge in [-0.15, -0.1) is 0 Å². The van der Waals surface area contributed by atoms with Crippen molar-refractivity contribution in [2.24, 2.45) is 5.10 Å².